The molecule has 0 saturated carbocycles. The second kappa shape index (κ2) is 7.11. The van der Waals surface area contributed by atoms with Crippen molar-refractivity contribution in [1.82, 2.24) is 4.98 Å². The lowest BCUT2D eigenvalue weighted by atomic mass is 10.1. The first-order chi connectivity index (χ1) is 9.82. The van der Waals surface area contributed by atoms with Crippen LogP contribution in [0.15, 0.2) is 6.20 Å². The first-order valence-corrected chi connectivity index (χ1v) is 5.98. The highest BCUT2D eigenvalue weighted by Gasteiger charge is 2.33. The Hall–Kier alpha value is -2.03. The molecule has 0 aliphatic heterocycles. The third-order valence-electron chi connectivity index (χ3n) is 2.42. The number of ether oxygens (including phenoxy) is 3. The SMILES string of the molecule is CCOC(=O)Cc1ncc(OC(F)(F)F)c(CN)c1OC. The van der Waals surface area contributed by atoms with Crippen LogP contribution in [0.2, 0.25) is 0 Å². The maximum atomic E-state index is 12.3. The molecule has 1 rings (SSSR count). The van der Waals surface area contributed by atoms with E-state index in [-0.39, 0.29) is 36.6 Å². The number of halogens is 3. The number of nitrogens with zero attached hydrogens (tertiary/aromatic N) is 1. The van der Waals surface area contributed by atoms with Crippen molar-refractivity contribution >= 4 is 5.97 Å². The van der Waals surface area contributed by atoms with Crippen LogP contribution in [0.5, 0.6) is 11.5 Å². The summed E-state index contributed by atoms with van der Waals surface area (Å²) in [6, 6.07) is 0. The molecule has 1 aromatic heterocycles. The molecule has 0 amide bonds. The van der Waals surface area contributed by atoms with Gasteiger partial charge in [0.25, 0.3) is 0 Å². The summed E-state index contributed by atoms with van der Waals surface area (Å²) in [5.74, 6) is -1.16. The van der Waals surface area contributed by atoms with E-state index in [9.17, 15) is 18.0 Å². The fourth-order valence-electron chi connectivity index (χ4n) is 1.68. The van der Waals surface area contributed by atoms with Gasteiger partial charge in [0.2, 0.25) is 0 Å². The highest BCUT2D eigenvalue weighted by Crippen LogP contribution is 2.33. The fraction of sp³-hybridized carbons (Fsp3) is 0.500. The zero-order valence-corrected chi connectivity index (χ0v) is 11.5. The molecule has 0 atom stereocenters. The van der Waals surface area contributed by atoms with Crippen molar-refractivity contribution in [3.8, 4) is 11.5 Å². The molecule has 2 N–H and O–H groups in total. The molecule has 6 nitrogen and oxygen atoms in total. The summed E-state index contributed by atoms with van der Waals surface area (Å²) in [5.41, 5.74) is 5.54. The number of esters is 1. The zero-order valence-electron chi connectivity index (χ0n) is 11.5. The Morgan fingerprint density at radius 2 is 2.10 bits per heavy atom. The van der Waals surface area contributed by atoms with Gasteiger partial charge in [-0.2, -0.15) is 0 Å². The number of hydrogen-bond donors (Lipinski definition) is 1. The van der Waals surface area contributed by atoms with Crippen molar-refractivity contribution < 1.29 is 32.2 Å². The van der Waals surface area contributed by atoms with E-state index in [4.69, 9.17) is 15.2 Å². The van der Waals surface area contributed by atoms with Crippen LogP contribution in [0, 0.1) is 0 Å². The molecule has 0 aliphatic carbocycles. The molecule has 0 saturated heterocycles. The van der Waals surface area contributed by atoms with Gasteiger partial charge in [-0.3, -0.25) is 9.78 Å². The molecule has 0 bridgehead atoms. The summed E-state index contributed by atoms with van der Waals surface area (Å²) in [7, 11) is 1.24. The number of carbonyl (C=O) groups is 1. The number of carbonyl (C=O) groups excluding carboxylic acids is 1. The molecular weight excluding hydrogens is 293 g/mol. The van der Waals surface area contributed by atoms with Crippen molar-refractivity contribution in [2.24, 2.45) is 5.73 Å². The number of methoxy groups -OCH3 is 1. The highest BCUT2D eigenvalue weighted by molar-refractivity contribution is 5.73. The maximum Gasteiger partial charge on any atom is 0.573 e. The van der Waals surface area contributed by atoms with E-state index in [1.165, 1.54) is 7.11 Å². The van der Waals surface area contributed by atoms with Crippen molar-refractivity contribution in [3.63, 3.8) is 0 Å². The molecule has 0 aromatic carbocycles. The molecule has 1 heterocycles. The molecule has 0 fully saturated rings. The van der Waals surface area contributed by atoms with Gasteiger partial charge in [-0.15, -0.1) is 13.2 Å². The van der Waals surface area contributed by atoms with E-state index < -0.39 is 18.1 Å². The number of hydrogen-bond acceptors (Lipinski definition) is 6. The van der Waals surface area contributed by atoms with Crippen molar-refractivity contribution in [2.75, 3.05) is 13.7 Å². The van der Waals surface area contributed by atoms with Crippen LogP contribution in [-0.4, -0.2) is 31.0 Å². The predicted octanol–water partition coefficient (Wildman–Crippen LogP) is 1.55. The molecule has 0 spiro atoms. The van der Waals surface area contributed by atoms with Gasteiger partial charge in [-0.1, -0.05) is 0 Å². The third kappa shape index (κ3) is 4.78. The molecule has 1 aromatic rings. The predicted molar refractivity (Wildman–Crippen MR) is 65.7 cm³/mol. The second-order valence-corrected chi connectivity index (χ2v) is 3.81. The van der Waals surface area contributed by atoms with E-state index in [1.807, 2.05) is 0 Å². The highest BCUT2D eigenvalue weighted by atomic mass is 19.4. The van der Waals surface area contributed by atoms with Gasteiger partial charge >= 0.3 is 12.3 Å². The third-order valence-corrected chi connectivity index (χ3v) is 2.42. The number of alkyl halides is 3. The van der Waals surface area contributed by atoms with Crippen molar-refractivity contribution in [3.05, 3.63) is 17.5 Å². The minimum Gasteiger partial charge on any atom is -0.494 e. The molecule has 0 aliphatic rings. The van der Waals surface area contributed by atoms with E-state index in [0.29, 0.717) is 0 Å². The van der Waals surface area contributed by atoms with Gasteiger partial charge in [-0.25, -0.2) is 0 Å². The lowest BCUT2D eigenvalue weighted by Gasteiger charge is -2.17. The first-order valence-electron chi connectivity index (χ1n) is 5.98. The van der Waals surface area contributed by atoms with Gasteiger partial charge in [0, 0.05) is 6.54 Å². The minimum absolute atomic E-state index is 0.0210. The summed E-state index contributed by atoms with van der Waals surface area (Å²) >= 11 is 0. The van der Waals surface area contributed by atoms with Crippen LogP contribution in [0.1, 0.15) is 18.2 Å². The summed E-state index contributed by atoms with van der Waals surface area (Å²) in [5, 5.41) is 0. The Morgan fingerprint density at radius 1 is 1.43 bits per heavy atom. The fourth-order valence-corrected chi connectivity index (χ4v) is 1.68. The molecule has 0 unspecified atom stereocenters. The van der Waals surface area contributed by atoms with E-state index >= 15 is 0 Å². The van der Waals surface area contributed by atoms with Crippen LogP contribution in [0.4, 0.5) is 13.2 Å². The lowest BCUT2D eigenvalue weighted by molar-refractivity contribution is -0.275. The Labute approximate surface area is 119 Å². The smallest absolute Gasteiger partial charge is 0.494 e. The number of rotatable bonds is 6. The molecule has 0 radical (unpaired) electrons. The Kier molecular flexibility index (Phi) is 5.77. The van der Waals surface area contributed by atoms with E-state index in [0.717, 1.165) is 6.20 Å². The second-order valence-electron chi connectivity index (χ2n) is 3.81. The van der Waals surface area contributed by atoms with Gasteiger partial charge < -0.3 is 19.9 Å². The number of aromatic nitrogens is 1. The summed E-state index contributed by atoms with van der Waals surface area (Å²) in [6.45, 7) is 1.54. The van der Waals surface area contributed by atoms with Crippen LogP contribution in [-0.2, 0) is 22.5 Å². The van der Waals surface area contributed by atoms with Gasteiger partial charge in [0.05, 0.1) is 37.6 Å². The minimum atomic E-state index is -4.88. The average Bonchev–Trinajstić information content (AvgIpc) is 2.38. The monoisotopic (exact) mass is 308 g/mol. The molecule has 21 heavy (non-hydrogen) atoms. The van der Waals surface area contributed by atoms with Crippen LogP contribution >= 0.6 is 0 Å². The maximum absolute atomic E-state index is 12.3. The van der Waals surface area contributed by atoms with E-state index in [1.54, 1.807) is 6.92 Å². The molecule has 9 heteroatoms. The summed E-state index contributed by atoms with van der Waals surface area (Å²) < 4.78 is 50.5. The largest absolute Gasteiger partial charge is 0.573 e. The Bertz CT molecular complexity index is 506. The van der Waals surface area contributed by atoms with Crippen LogP contribution < -0.4 is 15.2 Å². The van der Waals surface area contributed by atoms with Crippen LogP contribution in [0.25, 0.3) is 0 Å². The first kappa shape index (κ1) is 17.0. The quantitative estimate of drug-likeness (QED) is 0.803. The average molecular weight is 308 g/mol. The molecule has 118 valence electrons. The zero-order chi connectivity index (χ0) is 16.0. The number of nitrogens with two attached hydrogens (primary N) is 1. The number of pyridine rings is 1. The van der Waals surface area contributed by atoms with Crippen LogP contribution in [0.3, 0.4) is 0 Å². The topological polar surface area (TPSA) is 83.7 Å². The van der Waals surface area contributed by atoms with E-state index in [2.05, 4.69) is 9.72 Å². The Morgan fingerprint density at radius 3 is 2.57 bits per heavy atom. The Balaban J connectivity index is 3.16. The van der Waals surface area contributed by atoms with Crippen molar-refractivity contribution in [2.45, 2.75) is 26.3 Å². The normalized spacial score (nSPS) is 11.1. The molecular formula is C12H15F3N2O4. The standard InChI is InChI=1S/C12H15F3N2O4/c1-3-20-10(18)4-8-11(19-2)7(5-16)9(6-17-8)21-12(13,14)15/h6H,3-5,16H2,1-2H3. The lowest BCUT2D eigenvalue weighted by Crippen LogP contribution is -2.20. The van der Waals surface area contributed by atoms with Gasteiger partial charge in [0.1, 0.15) is 5.75 Å². The van der Waals surface area contributed by atoms with Gasteiger partial charge in [0.15, 0.2) is 5.75 Å². The summed E-state index contributed by atoms with van der Waals surface area (Å²) in [4.78, 5) is 15.2. The summed E-state index contributed by atoms with van der Waals surface area (Å²) in [6.07, 6.45) is -4.26. The van der Waals surface area contributed by atoms with Crippen molar-refractivity contribution in [1.29, 1.82) is 0 Å². The van der Waals surface area contributed by atoms with Gasteiger partial charge in [-0.05, 0) is 6.92 Å².